The van der Waals surface area contributed by atoms with E-state index in [-0.39, 0.29) is 11.8 Å². The Morgan fingerprint density at radius 1 is 1.06 bits per heavy atom. The Morgan fingerprint density at radius 2 is 1.75 bits per heavy atom. The van der Waals surface area contributed by atoms with E-state index in [4.69, 9.17) is 0 Å². The summed E-state index contributed by atoms with van der Waals surface area (Å²) in [6.07, 6.45) is 1.75. The average Bonchev–Trinajstić information content (AvgIpc) is 3.17. The van der Waals surface area contributed by atoms with E-state index in [1.807, 2.05) is 30.3 Å². The predicted octanol–water partition coefficient (Wildman–Crippen LogP) is 1.84. The molecule has 1 unspecified atom stereocenters. The maximum atomic E-state index is 13.2. The molecule has 0 heterocycles. The van der Waals surface area contributed by atoms with Gasteiger partial charge in [-0.15, -0.1) is 0 Å². The van der Waals surface area contributed by atoms with Crippen molar-refractivity contribution in [2.24, 2.45) is 0 Å². The number of hydrogen-bond donors (Lipinski definition) is 4. The first-order valence-electron chi connectivity index (χ1n) is 10.6. The summed E-state index contributed by atoms with van der Waals surface area (Å²) in [5.74, 6) is -2.53. The summed E-state index contributed by atoms with van der Waals surface area (Å²) in [4.78, 5) is 37.7. The van der Waals surface area contributed by atoms with E-state index in [2.05, 4.69) is 5.32 Å². The Labute approximate surface area is 186 Å². The van der Waals surface area contributed by atoms with Crippen molar-refractivity contribution in [2.75, 3.05) is 6.54 Å². The van der Waals surface area contributed by atoms with Crippen molar-refractivity contribution in [3.63, 3.8) is 0 Å². The molecule has 4 N–H and O–H groups in total. The molecule has 170 valence electrons. The third-order valence-corrected chi connectivity index (χ3v) is 5.81. The van der Waals surface area contributed by atoms with Crippen LogP contribution in [0.15, 0.2) is 48.5 Å². The Kier molecular flexibility index (Phi) is 7.48. The van der Waals surface area contributed by atoms with Crippen molar-refractivity contribution in [1.29, 1.82) is 0 Å². The monoisotopic (exact) mass is 440 g/mol. The molecule has 32 heavy (non-hydrogen) atoms. The van der Waals surface area contributed by atoms with E-state index < -0.39 is 36.5 Å². The van der Waals surface area contributed by atoms with Crippen LogP contribution < -0.4 is 5.32 Å². The van der Waals surface area contributed by atoms with E-state index >= 15 is 0 Å². The molecule has 3 atom stereocenters. The molecule has 8 heteroatoms. The van der Waals surface area contributed by atoms with Crippen LogP contribution >= 0.6 is 0 Å². The minimum Gasteiger partial charge on any atom is -0.508 e. The largest absolute Gasteiger partial charge is 0.508 e. The first-order chi connectivity index (χ1) is 15.2. The Bertz CT molecular complexity index is 978. The quantitative estimate of drug-likeness (QED) is 0.444. The van der Waals surface area contributed by atoms with Crippen LogP contribution in [0.25, 0.3) is 0 Å². The fourth-order valence-corrected chi connectivity index (χ4v) is 4.19. The molecule has 0 aliphatic heterocycles. The molecule has 1 amide bonds. The number of phenolic OH excluding ortho intramolecular Hbond substituents is 1. The summed E-state index contributed by atoms with van der Waals surface area (Å²) < 4.78 is 0. The second-order valence-corrected chi connectivity index (χ2v) is 8.18. The van der Waals surface area contributed by atoms with Crippen molar-refractivity contribution >= 4 is 17.8 Å². The van der Waals surface area contributed by atoms with Gasteiger partial charge in [0, 0.05) is 6.04 Å². The maximum absolute atomic E-state index is 13.2. The van der Waals surface area contributed by atoms with Gasteiger partial charge in [0.05, 0.1) is 6.04 Å². The molecule has 3 rings (SSSR count). The van der Waals surface area contributed by atoms with Gasteiger partial charge in [-0.2, -0.15) is 0 Å². The van der Waals surface area contributed by atoms with Crippen molar-refractivity contribution < 1.29 is 29.7 Å². The lowest BCUT2D eigenvalue weighted by Crippen LogP contribution is -2.54. The first kappa shape index (κ1) is 23.3. The molecule has 0 spiro atoms. The summed E-state index contributed by atoms with van der Waals surface area (Å²) >= 11 is 0. The summed E-state index contributed by atoms with van der Waals surface area (Å²) in [7, 11) is 0. The number of aliphatic carboxylic acids is 2. The fraction of sp³-hybridized carbons (Fsp3) is 0.375. The summed E-state index contributed by atoms with van der Waals surface area (Å²) in [5, 5.41) is 31.6. The number of benzene rings is 2. The SMILES string of the molecule is C[C@H](N[C@@H](CCc1ccccc1)C(=O)O)C(=O)N(CC(=O)O)C1Cc2ccc(O)cc2C1. The first-order valence-corrected chi connectivity index (χ1v) is 10.6. The van der Waals surface area contributed by atoms with Crippen molar-refractivity contribution in [1.82, 2.24) is 10.2 Å². The number of rotatable bonds is 10. The Morgan fingerprint density at radius 3 is 2.41 bits per heavy atom. The van der Waals surface area contributed by atoms with Crippen molar-refractivity contribution in [2.45, 2.75) is 50.7 Å². The van der Waals surface area contributed by atoms with Gasteiger partial charge in [0.25, 0.3) is 0 Å². The number of aromatic hydroxyl groups is 1. The van der Waals surface area contributed by atoms with E-state index in [1.165, 1.54) is 4.90 Å². The van der Waals surface area contributed by atoms with Crippen molar-refractivity contribution in [3.8, 4) is 5.75 Å². The third-order valence-electron chi connectivity index (χ3n) is 5.81. The van der Waals surface area contributed by atoms with Crippen LogP contribution in [0.3, 0.4) is 0 Å². The number of carbonyl (C=O) groups is 3. The maximum Gasteiger partial charge on any atom is 0.323 e. The lowest BCUT2D eigenvalue weighted by molar-refractivity contribution is -0.148. The highest BCUT2D eigenvalue weighted by molar-refractivity contribution is 5.86. The van der Waals surface area contributed by atoms with E-state index in [1.54, 1.807) is 25.1 Å². The van der Waals surface area contributed by atoms with Gasteiger partial charge in [-0.1, -0.05) is 36.4 Å². The van der Waals surface area contributed by atoms with Crippen molar-refractivity contribution in [3.05, 3.63) is 65.2 Å². The van der Waals surface area contributed by atoms with Gasteiger partial charge in [-0.05, 0) is 61.4 Å². The number of hydrogen-bond acceptors (Lipinski definition) is 5. The number of carboxylic acids is 2. The van der Waals surface area contributed by atoms with Gasteiger partial charge in [-0.25, -0.2) is 0 Å². The molecule has 0 aromatic heterocycles. The number of nitrogens with one attached hydrogen (secondary N) is 1. The number of fused-ring (bicyclic) bond motifs is 1. The van der Waals surface area contributed by atoms with Crippen LogP contribution in [0.1, 0.15) is 30.0 Å². The minimum absolute atomic E-state index is 0.123. The summed E-state index contributed by atoms with van der Waals surface area (Å²) in [6.45, 7) is 1.08. The normalized spacial score (nSPS) is 16.7. The van der Waals surface area contributed by atoms with E-state index in [0.717, 1.165) is 16.7 Å². The molecule has 8 nitrogen and oxygen atoms in total. The fourth-order valence-electron chi connectivity index (χ4n) is 4.19. The van der Waals surface area contributed by atoms with Crippen LogP contribution in [0.5, 0.6) is 5.75 Å². The average molecular weight is 440 g/mol. The molecular formula is C24H28N2O6. The van der Waals surface area contributed by atoms with Gasteiger partial charge >= 0.3 is 11.9 Å². The zero-order valence-corrected chi connectivity index (χ0v) is 17.9. The molecule has 1 aliphatic rings. The number of carboxylic acid groups (broad SMARTS) is 2. The number of aryl methyl sites for hydroxylation is 1. The molecular weight excluding hydrogens is 412 g/mol. The van der Waals surface area contributed by atoms with Crippen LogP contribution in [-0.4, -0.2) is 62.7 Å². The smallest absolute Gasteiger partial charge is 0.323 e. The van der Waals surface area contributed by atoms with Crippen LogP contribution in [-0.2, 0) is 33.6 Å². The third kappa shape index (κ3) is 5.85. The number of amides is 1. The highest BCUT2D eigenvalue weighted by Crippen LogP contribution is 2.29. The molecule has 2 aromatic carbocycles. The van der Waals surface area contributed by atoms with Crippen LogP contribution in [0.2, 0.25) is 0 Å². The van der Waals surface area contributed by atoms with Gasteiger partial charge in [0.1, 0.15) is 18.3 Å². The number of nitrogens with zero attached hydrogens (tertiary/aromatic N) is 1. The number of carbonyl (C=O) groups excluding carboxylic acids is 1. The van der Waals surface area contributed by atoms with Crippen LogP contribution in [0, 0.1) is 0 Å². The zero-order valence-electron chi connectivity index (χ0n) is 17.9. The van der Waals surface area contributed by atoms with Gasteiger partial charge in [0.15, 0.2) is 0 Å². The molecule has 0 bridgehead atoms. The summed E-state index contributed by atoms with van der Waals surface area (Å²) in [6, 6.07) is 12.3. The standard InChI is InChI=1S/C24H28N2O6/c1-15(25-21(24(31)32)10-7-16-5-3-2-4-6-16)23(30)26(14-22(28)29)19-11-17-8-9-20(27)13-18(17)12-19/h2-6,8-9,13,15,19,21,25,27H,7,10-12,14H2,1H3,(H,28,29)(H,31,32)/t15-,19?,21-/m0/s1. The molecule has 1 aliphatic carbocycles. The predicted molar refractivity (Wildman–Crippen MR) is 117 cm³/mol. The molecule has 0 radical (unpaired) electrons. The Hall–Kier alpha value is -3.39. The second-order valence-electron chi connectivity index (χ2n) is 8.18. The molecule has 0 saturated heterocycles. The summed E-state index contributed by atoms with van der Waals surface area (Å²) in [5.41, 5.74) is 2.84. The topological polar surface area (TPSA) is 127 Å². The second kappa shape index (κ2) is 10.3. The Balaban J connectivity index is 1.68. The lowest BCUT2D eigenvalue weighted by Gasteiger charge is -2.31. The van der Waals surface area contributed by atoms with Crippen LogP contribution in [0.4, 0.5) is 0 Å². The zero-order chi connectivity index (χ0) is 23.3. The minimum atomic E-state index is -1.14. The molecule has 0 saturated carbocycles. The lowest BCUT2D eigenvalue weighted by atomic mass is 10.0. The van der Waals surface area contributed by atoms with Gasteiger partial charge < -0.3 is 20.2 Å². The van der Waals surface area contributed by atoms with E-state index in [9.17, 15) is 29.7 Å². The highest BCUT2D eigenvalue weighted by Gasteiger charge is 2.34. The van der Waals surface area contributed by atoms with Gasteiger partial charge in [-0.3, -0.25) is 19.7 Å². The molecule has 0 fully saturated rings. The highest BCUT2D eigenvalue weighted by atomic mass is 16.4. The van der Waals surface area contributed by atoms with Gasteiger partial charge in [0.2, 0.25) is 5.91 Å². The van der Waals surface area contributed by atoms with E-state index in [0.29, 0.717) is 25.7 Å². The number of phenols is 1. The molecule has 2 aromatic rings.